The number of rotatable bonds is 4. The van der Waals surface area contributed by atoms with Crippen LogP contribution < -0.4 is 4.74 Å². The van der Waals surface area contributed by atoms with Gasteiger partial charge < -0.3 is 9.84 Å². The van der Waals surface area contributed by atoms with Gasteiger partial charge in [-0.15, -0.1) is 0 Å². The lowest BCUT2D eigenvalue weighted by atomic mass is 9.76. The first-order chi connectivity index (χ1) is 11.1. The third kappa shape index (κ3) is 2.83. The van der Waals surface area contributed by atoms with Crippen LogP contribution in [0.3, 0.4) is 0 Å². The second-order valence-corrected chi connectivity index (χ2v) is 6.80. The number of aryl methyl sites for hydroxylation is 1. The molecule has 1 N–H and O–H groups in total. The number of methoxy groups -OCH3 is 1. The van der Waals surface area contributed by atoms with E-state index in [1.807, 2.05) is 13.0 Å². The fourth-order valence-electron chi connectivity index (χ4n) is 4.14. The molecular weight excluding hydrogens is 288 g/mol. The van der Waals surface area contributed by atoms with Gasteiger partial charge in [0.1, 0.15) is 11.5 Å². The average Bonchev–Trinajstić information content (AvgIpc) is 2.87. The molecule has 1 saturated carbocycles. The van der Waals surface area contributed by atoms with Crippen LogP contribution in [-0.2, 0) is 11.2 Å². The monoisotopic (exact) mass is 314 g/mol. The van der Waals surface area contributed by atoms with Crippen LogP contribution >= 0.6 is 0 Å². The molecule has 1 fully saturated rings. The molecule has 2 aliphatic rings. The lowest BCUT2D eigenvalue weighted by Crippen LogP contribution is -2.35. The van der Waals surface area contributed by atoms with Crippen LogP contribution in [0.4, 0.5) is 0 Å². The minimum absolute atomic E-state index is 0.232. The van der Waals surface area contributed by atoms with E-state index in [1.165, 1.54) is 16.7 Å². The maximum atomic E-state index is 12.3. The SMILES string of the molecule is CCC1(CC=C2CCCc3cc(OC)ccc32)C(=O)CCC1O. The fraction of sp³-hybridized carbons (Fsp3) is 0.550. The molecule has 0 saturated heterocycles. The van der Waals surface area contributed by atoms with Crippen molar-refractivity contribution in [3.63, 3.8) is 0 Å². The summed E-state index contributed by atoms with van der Waals surface area (Å²) in [6, 6.07) is 6.25. The Morgan fingerprint density at radius 2 is 2.17 bits per heavy atom. The summed E-state index contributed by atoms with van der Waals surface area (Å²) in [6.07, 6.45) is 7.47. The van der Waals surface area contributed by atoms with Gasteiger partial charge >= 0.3 is 0 Å². The Balaban J connectivity index is 1.88. The third-order valence-electron chi connectivity index (χ3n) is 5.73. The lowest BCUT2D eigenvalue weighted by molar-refractivity contribution is -0.129. The van der Waals surface area contributed by atoms with Crippen LogP contribution in [0, 0.1) is 5.41 Å². The first-order valence-electron chi connectivity index (χ1n) is 8.68. The van der Waals surface area contributed by atoms with Crippen molar-refractivity contribution in [3.8, 4) is 5.75 Å². The topological polar surface area (TPSA) is 46.5 Å². The standard InChI is InChI=1S/C20H26O3/c1-3-20(18(21)9-10-19(20)22)12-11-14-5-4-6-15-13-16(23-2)7-8-17(14)15/h7-8,11,13,18,21H,3-6,9-10,12H2,1-2H3. The zero-order valence-corrected chi connectivity index (χ0v) is 14.1. The number of hydrogen-bond donors (Lipinski definition) is 1. The first-order valence-corrected chi connectivity index (χ1v) is 8.68. The largest absolute Gasteiger partial charge is 0.497 e. The van der Waals surface area contributed by atoms with Crippen molar-refractivity contribution in [3.05, 3.63) is 35.4 Å². The van der Waals surface area contributed by atoms with E-state index < -0.39 is 11.5 Å². The van der Waals surface area contributed by atoms with E-state index in [4.69, 9.17) is 4.74 Å². The van der Waals surface area contributed by atoms with Gasteiger partial charge in [0.15, 0.2) is 0 Å². The number of ether oxygens (including phenoxy) is 1. The number of allylic oxidation sites excluding steroid dienone is 2. The summed E-state index contributed by atoms with van der Waals surface area (Å²) in [5.41, 5.74) is 3.36. The van der Waals surface area contributed by atoms with Crippen molar-refractivity contribution >= 4 is 11.4 Å². The van der Waals surface area contributed by atoms with E-state index in [1.54, 1.807) is 7.11 Å². The van der Waals surface area contributed by atoms with Gasteiger partial charge in [0.2, 0.25) is 0 Å². The molecule has 1 aromatic rings. The molecule has 3 nitrogen and oxygen atoms in total. The molecule has 23 heavy (non-hydrogen) atoms. The number of benzene rings is 1. The van der Waals surface area contributed by atoms with Gasteiger partial charge in [-0.25, -0.2) is 0 Å². The first kappa shape index (κ1) is 16.3. The fourth-order valence-corrected chi connectivity index (χ4v) is 4.14. The number of aliphatic hydroxyl groups excluding tert-OH is 1. The van der Waals surface area contributed by atoms with E-state index in [-0.39, 0.29) is 5.78 Å². The normalized spacial score (nSPS) is 28.9. The van der Waals surface area contributed by atoms with Crippen molar-refractivity contribution in [2.24, 2.45) is 5.41 Å². The van der Waals surface area contributed by atoms with Gasteiger partial charge in [-0.2, -0.15) is 0 Å². The zero-order valence-electron chi connectivity index (χ0n) is 14.1. The van der Waals surface area contributed by atoms with E-state index >= 15 is 0 Å². The molecule has 0 bridgehead atoms. The molecule has 0 aromatic heterocycles. The number of Topliss-reactive ketones (excluding diaryl/α,β-unsaturated/α-hetero) is 1. The number of hydrogen-bond acceptors (Lipinski definition) is 3. The van der Waals surface area contributed by atoms with E-state index in [2.05, 4.69) is 18.2 Å². The quantitative estimate of drug-likeness (QED) is 0.916. The average molecular weight is 314 g/mol. The predicted octanol–water partition coefficient (Wildman–Crippen LogP) is 3.93. The molecular formula is C20H26O3. The van der Waals surface area contributed by atoms with Gasteiger partial charge in [0.05, 0.1) is 18.6 Å². The van der Waals surface area contributed by atoms with Crippen LogP contribution in [-0.4, -0.2) is 24.1 Å². The Morgan fingerprint density at radius 1 is 1.35 bits per heavy atom. The maximum Gasteiger partial charge on any atom is 0.142 e. The minimum Gasteiger partial charge on any atom is -0.497 e. The molecule has 2 atom stereocenters. The molecule has 0 amide bonds. The molecule has 0 heterocycles. The van der Waals surface area contributed by atoms with E-state index in [9.17, 15) is 9.90 Å². The molecule has 0 spiro atoms. The number of fused-ring (bicyclic) bond motifs is 1. The van der Waals surface area contributed by atoms with Gasteiger partial charge in [-0.3, -0.25) is 4.79 Å². The van der Waals surface area contributed by atoms with Crippen LogP contribution in [0.1, 0.15) is 56.6 Å². The number of carbonyl (C=O) groups excluding carboxylic acids is 1. The Labute approximate surface area is 138 Å². The molecule has 124 valence electrons. The highest BCUT2D eigenvalue weighted by atomic mass is 16.5. The Bertz CT molecular complexity index is 632. The van der Waals surface area contributed by atoms with Crippen molar-refractivity contribution < 1.29 is 14.6 Å². The van der Waals surface area contributed by atoms with Crippen molar-refractivity contribution in [2.45, 2.75) is 58.0 Å². The minimum atomic E-state index is -0.558. The molecule has 2 aliphatic carbocycles. The van der Waals surface area contributed by atoms with E-state index in [0.717, 1.165) is 25.0 Å². The summed E-state index contributed by atoms with van der Waals surface area (Å²) < 4.78 is 5.32. The third-order valence-corrected chi connectivity index (χ3v) is 5.73. The number of carbonyl (C=O) groups is 1. The van der Waals surface area contributed by atoms with Crippen LogP contribution in [0.25, 0.3) is 5.57 Å². The zero-order chi connectivity index (χ0) is 16.4. The van der Waals surface area contributed by atoms with Crippen LogP contribution in [0.5, 0.6) is 5.75 Å². The summed E-state index contributed by atoms with van der Waals surface area (Å²) in [6.45, 7) is 2.02. The molecule has 0 aliphatic heterocycles. The summed E-state index contributed by atoms with van der Waals surface area (Å²) >= 11 is 0. The van der Waals surface area contributed by atoms with Gasteiger partial charge in [-0.05, 0) is 67.4 Å². The van der Waals surface area contributed by atoms with Gasteiger partial charge in [-0.1, -0.05) is 19.1 Å². The molecule has 3 heteroatoms. The van der Waals surface area contributed by atoms with Crippen LogP contribution in [0.2, 0.25) is 0 Å². The summed E-state index contributed by atoms with van der Waals surface area (Å²) in [7, 11) is 1.69. The predicted molar refractivity (Wildman–Crippen MR) is 91.5 cm³/mol. The maximum absolute atomic E-state index is 12.3. The highest BCUT2D eigenvalue weighted by Gasteiger charge is 2.46. The molecule has 2 unspecified atom stereocenters. The highest BCUT2D eigenvalue weighted by Crippen LogP contribution is 2.43. The lowest BCUT2D eigenvalue weighted by Gasteiger charge is -2.29. The van der Waals surface area contributed by atoms with Crippen LogP contribution in [0.15, 0.2) is 24.3 Å². The second kappa shape index (κ2) is 6.48. The molecule has 3 rings (SSSR count). The summed E-state index contributed by atoms with van der Waals surface area (Å²) in [5, 5.41) is 10.3. The summed E-state index contributed by atoms with van der Waals surface area (Å²) in [5.74, 6) is 1.13. The Kier molecular flexibility index (Phi) is 4.58. The Morgan fingerprint density at radius 3 is 2.83 bits per heavy atom. The van der Waals surface area contributed by atoms with Crippen molar-refractivity contribution in [1.29, 1.82) is 0 Å². The Hall–Kier alpha value is -1.61. The van der Waals surface area contributed by atoms with Gasteiger partial charge in [0.25, 0.3) is 0 Å². The van der Waals surface area contributed by atoms with Crippen molar-refractivity contribution in [1.82, 2.24) is 0 Å². The molecule has 1 aromatic carbocycles. The summed E-state index contributed by atoms with van der Waals surface area (Å²) in [4.78, 5) is 12.3. The molecule has 0 radical (unpaired) electrons. The number of ketones is 1. The highest BCUT2D eigenvalue weighted by molar-refractivity contribution is 5.88. The van der Waals surface area contributed by atoms with E-state index in [0.29, 0.717) is 25.7 Å². The number of aliphatic hydroxyl groups is 1. The smallest absolute Gasteiger partial charge is 0.142 e. The second-order valence-electron chi connectivity index (χ2n) is 6.80. The van der Waals surface area contributed by atoms with Gasteiger partial charge in [0, 0.05) is 6.42 Å². The van der Waals surface area contributed by atoms with Crippen molar-refractivity contribution in [2.75, 3.05) is 7.11 Å².